The van der Waals surface area contributed by atoms with Crippen LogP contribution in [0.5, 0.6) is 0 Å². The number of hydrogen-bond acceptors (Lipinski definition) is 6. The Morgan fingerprint density at radius 3 is 2.81 bits per heavy atom. The van der Waals surface area contributed by atoms with E-state index in [4.69, 9.17) is 4.52 Å². The van der Waals surface area contributed by atoms with Crippen molar-refractivity contribution >= 4 is 5.91 Å². The van der Waals surface area contributed by atoms with Gasteiger partial charge in [-0.25, -0.2) is 4.39 Å². The Kier molecular flexibility index (Phi) is 5.65. The molecule has 3 rings (SSSR count). The third kappa shape index (κ3) is 4.70. The summed E-state index contributed by atoms with van der Waals surface area (Å²) in [6.45, 7) is 0.0369. The number of nitrogens with one attached hydrogen (secondary N) is 1. The van der Waals surface area contributed by atoms with Crippen LogP contribution in [0.1, 0.15) is 24.0 Å². The molecule has 1 amide bonds. The number of aryl methyl sites for hydroxylation is 1. The number of amides is 1. The number of hydrogen-bond donors (Lipinski definition) is 2. The van der Waals surface area contributed by atoms with Crippen molar-refractivity contribution in [2.24, 2.45) is 0 Å². The Morgan fingerprint density at radius 1 is 1.27 bits per heavy atom. The van der Waals surface area contributed by atoms with Gasteiger partial charge in [-0.05, 0) is 29.8 Å². The first-order valence-electron chi connectivity index (χ1n) is 8.05. The van der Waals surface area contributed by atoms with E-state index in [0.717, 1.165) is 5.56 Å². The van der Waals surface area contributed by atoms with E-state index in [0.29, 0.717) is 17.3 Å². The highest BCUT2D eigenvalue weighted by atomic mass is 19.1. The Morgan fingerprint density at radius 2 is 2.08 bits per heavy atom. The highest BCUT2D eigenvalue weighted by Crippen LogP contribution is 2.15. The third-order valence-corrected chi connectivity index (χ3v) is 3.70. The van der Waals surface area contributed by atoms with Crippen LogP contribution in [0.25, 0.3) is 11.4 Å². The van der Waals surface area contributed by atoms with Crippen LogP contribution in [-0.4, -0.2) is 32.7 Å². The van der Waals surface area contributed by atoms with Crippen LogP contribution in [0.3, 0.4) is 0 Å². The van der Waals surface area contributed by atoms with E-state index >= 15 is 0 Å². The zero-order chi connectivity index (χ0) is 18.4. The molecule has 8 heteroatoms. The summed E-state index contributed by atoms with van der Waals surface area (Å²) in [5, 5.41) is 16.5. The Balaban J connectivity index is 1.45. The number of carbonyl (C=O) groups excluding carboxylic acids is 1. The maximum atomic E-state index is 12.9. The summed E-state index contributed by atoms with van der Waals surface area (Å²) in [4.78, 5) is 20.1. The quantitative estimate of drug-likeness (QED) is 0.672. The third-order valence-electron chi connectivity index (χ3n) is 3.70. The molecule has 0 fully saturated rings. The smallest absolute Gasteiger partial charge is 0.227 e. The zero-order valence-electron chi connectivity index (χ0n) is 13.8. The predicted octanol–water partition coefficient (Wildman–Crippen LogP) is 2.05. The molecule has 1 unspecified atom stereocenters. The maximum absolute atomic E-state index is 12.9. The van der Waals surface area contributed by atoms with Gasteiger partial charge in [0.1, 0.15) is 5.82 Å². The fraction of sp³-hybridized carbons (Fsp3) is 0.222. The van der Waals surface area contributed by atoms with Crippen molar-refractivity contribution in [2.45, 2.75) is 18.9 Å². The molecule has 26 heavy (non-hydrogen) atoms. The number of aliphatic hydroxyl groups is 1. The Hall–Kier alpha value is -3.13. The number of nitrogens with zero attached hydrogens (tertiary/aromatic N) is 3. The molecule has 0 aliphatic rings. The van der Waals surface area contributed by atoms with Gasteiger partial charge in [0.2, 0.25) is 17.6 Å². The molecule has 2 N–H and O–H groups in total. The molecular weight excluding hydrogens is 339 g/mol. The first-order valence-corrected chi connectivity index (χ1v) is 8.05. The van der Waals surface area contributed by atoms with E-state index in [-0.39, 0.29) is 31.1 Å². The first-order chi connectivity index (χ1) is 12.6. The second kappa shape index (κ2) is 8.30. The number of aromatic nitrogens is 3. The molecule has 0 aliphatic heterocycles. The topological polar surface area (TPSA) is 101 Å². The number of rotatable bonds is 7. The largest absolute Gasteiger partial charge is 0.387 e. The molecule has 2 heterocycles. The first kappa shape index (κ1) is 17.7. The molecular formula is C18H17FN4O3. The van der Waals surface area contributed by atoms with Gasteiger partial charge in [0.25, 0.3) is 0 Å². The SMILES string of the molecule is O=C(CCc1nc(-c2cccnc2)no1)NCC(O)c1ccc(F)cc1. The van der Waals surface area contributed by atoms with Crippen LogP contribution < -0.4 is 5.32 Å². The fourth-order valence-corrected chi connectivity index (χ4v) is 2.29. The second-order valence-corrected chi connectivity index (χ2v) is 5.62. The van der Waals surface area contributed by atoms with E-state index in [9.17, 15) is 14.3 Å². The van der Waals surface area contributed by atoms with Crippen LogP contribution >= 0.6 is 0 Å². The standard InChI is InChI=1S/C18H17FN4O3/c19-14-5-3-12(4-6-14)15(24)11-21-16(25)7-8-17-22-18(23-26-17)13-2-1-9-20-10-13/h1-6,9-10,15,24H,7-8,11H2,(H,21,25). The predicted molar refractivity (Wildman–Crippen MR) is 90.2 cm³/mol. The van der Waals surface area contributed by atoms with Gasteiger partial charge in [-0.2, -0.15) is 4.98 Å². The Bertz CT molecular complexity index is 852. The van der Waals surface area contributed by atoms with Crippen LogP contribution in [0.2, 0.25) is 0 Å². The van der Waals surface area contributed by atoms with Gasteiger partial charge in [0, 0.05) is 37.3 Å². The van der Waals surface area contributed by atoms with E-state index in [1.165, 1.54) is 24.3 Å². The second-order valence-electron chi connectivity index (χ2n) is 5.62. The molecule has 0 bridgehead atoms. The normalized spacial score (nSPS) is 11.9. The number of halogens is 1. The van der Waals surface area contributed by atoms with Gasteiger partial charge >= 0.3 is 0 Å². The minimum absolute atomic E-state index is 0.0369. The molecule has 2 aromatic heterocycles. The fourth-order valence-electron chi connectivity index (χ4n) is 2.29. The molecule has 0 saturated carbocycles. The lowest BCUT2D eigenvalue weighted by atomic mass is 10.1. The van der Waals surface area contributed by atoms with Crippen LogP contribution in [0, 0.1) is 5.82 Å². The van der Waals surface area contributed by atoms with Gasteiger partial charge in [0.15, 0.2) is 0 Å². The highest BCUT2D eigenvalue weighted by molar-refractivity contribution is 5.76. The average molecular weight is 356 g/mol. The van der Waals surface area contributed by atoms with Crippen molar-refractivity contribution in [3.05, 3.63) is 66.1 Å². The molecule has 3 aromatic rings. The molecule has 0 aliphatic carbocycles. The van der Waals surface area contributed by atoms with Gasteiger partial charge in [0.05, 0.1) is 6.10 Å². The van der Waals surface area contributed by atoms with E-state index in [2.05, 4.69) is 20.4 Å². The van der Waals surface area contributed by atoms with Crippen molar-refractivity contribution in [1.29, 1.82) is 0 Å². The monoisotopic (exact) mass is 356 g/mol. The zero-order valence-corrected chi connectivity index (χ0v) is 13.8. The van der Waals surface area contributed by atoms with Crippen molar-refractivity contribution < 1.29 is 18.8 Å². The molecule has 0 spiro atoms. The summed E-state index contributed by atoms with van der Waals surface area (Å²) < 4.78 is 18.0. The van der Waals surface area contributed by atoms with Crippen LogP contribution in [0.15, 0.2) is 53.3 Å². The summed E-state index contributed by atoms with van der Waals surface area (Å²) in [6, 6.07) is 9.05. The van der Waals surface area contributed by atoms with Crippen molar-refractivity contribution in [2.75, 3.05) is 6.54 Å². The number of pyridine rings is 1. The minimum Gasteiger partial charge on any atom is -0.387 e. The number of benzene rings is 1. The van der Waals surface area contributed by atoms with Gasteiger partial charge < -0.3 is 14.9 Å². The van der Waals surface area contributed by atoms with Crippen LogP contribution in [-0.2, 0) is 11.2 Å². The number of carbonyl (C=O) groups is 1. The van der Waals surface area contributed by atoms with Crippen molar-refractivity contribution in [3.8, 4) is 11.4 Å². The van der Waals surface area contributed by atoms with Crippen molar-refractivity contribution in [3.63, 3.8) is 0 Å². The summed E-state index contributed by atoms with van der Waals surface area (Å²) in [5.74, 6) is 0.126. The molecule has 134 valence electrons. The minimum atomic E-state index is -0.903. The van der Waals surface area contributed by atoms with Gasteiger partial charge in [-0.15, -0.1) is 0 Å². The average Bonchev–Trinajstić information content (AvgIpc) is 3.15. The van der Waals surface area contributed by atoms with Gasteiger partial charge in [-0.3, -0.25) is 9.78 Å². The molecule has 1 aromatic carbocycles. The summed E-state index contributed by atoms with van der Waals surface area (Å²) >= 11 is 0. The summed E-state index contributed by atoms with van der Waals surface area (Å²) in [6.07, 6.45) is 2.80. The van der Waals surface area contributed by atoms with E-state index < -0.39 is 6.10 Å². The van der Waals surface area contributed by atoms with E-state index in [1.807, 2.05) is 6.07 Å². The molecule has 0 saturated heterocycles. The number of aliphatic hydroxyl groups excluding tert-OH is 1. The maximum Gasteiger partial charge on any atom is 0.227 e. The highest BCUT2D eigenvalue weighted by Gasteiger charge is 2.13. The summed E-state index contributed by atoms with van der Waals surface area (Å²) in [5.41, 5.74) is 1.26. The Labute approximate surface area is 148 Å². The van der Waals surface area contributed by atoms with Crippen LogP contribution in [0.4, 0.5) is 4.39 Å². The van der Waals surface area contributed by atoms with Crippen molar-refractivity contribution in [1.82, 2.24) is 20.4 Å². The molecule has 1 atom stereocenters. The lowest BCUT2D eigenvalue weighted by Gasteiger charge is -2.12. The summed E-state index contributed by atoms with van der Waals surface area (Å²) in [7, 11) is 0. The lowest BCUT2D eigenvalue weighted by Crippen LogP contribution is -2.28. The van der Waals surface area contributed by atoms with E-state index in [1.54, 1.807) is 18.5 Å². The molecule has 0 radical (unpaired) electrons. The van der Waals surface area contributed by atoms with Gasteiger partial charge in [-0.1, -0.05) is 17.3 Å². The molecule has 7 nitrogen and oxygen atoms in total. The lowest BCUT2D eigenvalue weighted by molar-refractivity contribution is -0.121.